The minimum Gasteiger partial charge on any atom is -0.495 e. The molecule has 0 aromatic heterocycles. The van der Waals surface area contributed by atoms with Crippen molar-refractivity contribution in [3.63, 3.8) is 0 Å². The van der Waals surface area contributed by atoms with Crippen molar-refractivity contribution < 1.29 is 17.9 Å². The lowest BCUT2D eigenvalue weighted by atomic mass is 9.96. The molecule has 0 spiro atoms. The highest BCUT2D eigenvalue weighted by Crippen LogP contribution is 2.33. The average Bonchev–Trinajstić information content (AvgIpc) is 2.67. The number of amides is 1. The van der Waals surface area contributed by atoms with Gasteiger partial charge in [0.05, 0.1) is 25.1 Å². The smallest absolute Gasteiger partial charge is 0.244 e. The van der Waals surface area contributed by atoms with Crippen LogP contribution in [0.5, 0.6) is 5.75 Å². The fourth-order valence-electron chi connectivity index (χ4n) is 3.48. The molecule has 2 atom stereocenters. The van der Waals surface area contributed by atoms with Crippen molar-refractivity contribution in [2.45, 2.75) is 46.2 Å². The number of carbonyl (C=O) groups is 1. The Bertz CT molecular complexity index is 958. The van der Waals surface area contributed by atoms with Crippen molar-refractivity contribution >= 4 is 21.6 Å². The molecule has 1 amide bonds. The zero-order chi connectivity index (χ0) is 22.5. The molecular weight excluding hydrogens is 400 g/mol. The topological polar surface area (TPSA) is 75.7 Å². The Morgan fingerprint density at radius 3 is 2.27 bits per heavy atom. The van der Waals surface area contributed by atoms with Crippen molar-refractivity contribution in [2.24, 2.45) is 5.92 Å². The van der Waals surface area contributed by atoms with Crippen molar-refractivity contribution in [3.8, 4) is 5.75 Å². The Balaban J connectivity index is 2.39. The lowest BCUT2D eigenvalue weighted by Crippen LogP contribution is -2.49. The molecule has 30 heavy (non-hydrogen) atoms. The normalized spacial score (nSPS) is 13.6. The largest absolute Gasteiger partial charge is 0.495 e. The average molecular weight is 433 g/mol. The molecule has 7 heteroatoms. The Morgan fingerprint density at radius 2 is 1.73 bits per heavy atom. The van der Waals surface area contributed by atoms with Gasteiger partial charge < -0.3 is 10.1 Å². The molecule has 0 radical (unpaired) electrons. The van der Waals surface area contributed by atoms with E-state index in [9.17, 15) is 13.2 Å². The second-order valence-corrected chi connectivity index (χ2v) is 9.87. The molecule has 0 heterocycles. The van der Waals surface area contributed by atoms with E-state index < -0.39 is 16.1 Å². The van der Waals surface area contributed by atoms with Crippen LogP contribution in [0.25, 0.3) is 0 Å². The first-order valence-corrected chi connectivity index (χ1v) is 11.9. The SMILES string of the molecule is COc1ccc(C)cc1N([C@H](C)C(=O)N[C@H](CC(C)C)c1ccccc1)S(C)(=O)=O. The van der Waals surface area contributed by atoms with Gasteiger partial charge in [-0.1, -0.05) is 50.2 Å². The highest BCUT2D eigenvalue weighted by atomic mass is 32.2. The number of benzene rings is 2. The summed E-state index contributed by atoms with van der Waals surface area (Å²) in [6.45, 7) is 7.63. The summed E-state index contributed by atoms with van der Waals surface area (Å²) in [6, 6.07) is 13.8. The van der Waals surface area contributed by atoms with E-state index in [1.807, 2.05) is 43.3 Å². The molecule has 0 bridgehead atoms. The number of methoxy groups -OCH3 is 1. The summed E-state index contributed by atoms with van der Waals surface area (Å²) in [6.07, 6.45) is 1.84. The number of ether oxygens (including phenoxy) is 1. The van der Waals surface area contributed by atoms with Gasteiger partial charge in [-0.05, 0) is 49.4 Å². The molecule has 0 saturated heterocycles. The quantitative estimate of drug-likeness (QED) is 0.648. The zero-order valence-electron chi connectivity index (χ0n) is 18.5. The summed E-state index contributed by atoms with van der Waals surface area (Å²) >= 11 is 0. The third-order valence-corrected chi connectivity index (χ3v) is 6.11. The predicted octanol–water partition coefficient (Wildman–Crippen LogP) is 4.06. The highest BCUT2D eigenvalue weighted by Gasteiger charge is 2.32. The molecule has 2 aromatic rings. The Kier molecular flexibility index (Phi) is 7.89. The summed E-state index contributed by atoms with van der Waals surface area (Å²) < 4.78 is 31.9. The predicted molar refractivity (Wildman–Crippen MR) is 121 cm³/mol. The first-order valence-electron chi connectivity index (χ1n) is 10.0. The molecule has 0 aliphatic heterocycles. The molecule has 2 rings (SSSR count). The van der Waals surface area contributed by atoms with Gasteiger partial charge in [-0.25, -0.2) is 8.42 Å². The lowest BCUT2D eigenvalue weighted by molar-refractivity contribution is -0.122. The van der Waals surface area contributed by atoms with Crippen LogP contribution in [0.2, 0.25) is 0 Å². The minimum absolute atomic E-state index is 0.207. The Labute approximate surface area is 180 Å². The fourth-order valence-corrected chi connectivity index (χ4v) is 4.65. The number of aryl methyl sites for hydroxylation is 1. The van der Waals surface area contributed by atoms with Crippen molar-refractivity contribution in [3.05, 3.63) is 59.7 Å². The second kappa shape index (κ2) is 9.98. The van der Waals surface area contributed by atoms with Crippen molar-refractivity contribution in [2.75, 3.05) is 17.7 Å². The minimum atomic E-state index is -3.74. The summed E-state index contributed by atoms with van der Waals surface area (Å²) in [5.41, 5.74) is 2.21. The van der Waals surface area contributed by atoms with Gasteiger partial charge in [-0.15, -0.1) is 0 Å². The maximum atomic E-state index is 13.2. The van der Waals surface area contributed by atoms with E-state index in [1.54, 1.807) is 19.1 Å². The monoisotopic (exact) mass is 432 g/mol. The molecule has 0 unspecified atom stereocenters. The maximum Gasteiger partial charge on any atom is 0.244 e. The third-order valence-electron chi connectivity index (χ3n) is 4.89. The van der Waals surface area contributed by atoms with Crippen LogP contribution >= 0.6 is 0 Å². The molecule has 0 saturated carbocycles. The number of hydrogen-bond acceptors (Lipinski definition) is 4. The van der Waals surface area contributed by atoms with Crippen LogP contribution in [0.1, 0.15) is 44.4 Å². The van der Waals surface area contributed by atoms with Gasteiger partial charge in [0.25, 0.3) is 0 Å². The Morgan fingerprint density at radius 1 is 1.10 bits per heavy atom. The van der Waals surface area contributed by atoms with Gasteiger partial charge in [0.2, 0.25) is 15.9 Å². The third kappa shape index (κ3) is 5.98. The number of sulfonamides is 1. The molecule has 6 nitrogen and oxygen atoms in total. The van der Waals surface area contributed by atoms with Gasteiger partial charge in [-0.2, -0.15) is 0 Å². The van der Waals surface area contributed by atoms with E-state index in [2.05, 4.69) is 19.2 Å². The van der Waals surface area contributed by atoms with Gasteiger partial charge >= 0.3 is 0 Å². The van der Waals surface area contributed by atoms with Gasteiger partial charge in [0.15, 0.2) is 0 Å². The van der Waals surface area contributed by atoms with E-state index in [1.165, 1.54) is 7.11 Å². The maximum absolute atomic E-state index is 13.2. The number of hydrogen-bond donors (Lipinski definition) is 1. The van der Waals surface area contributed by atoms with E-state index in [-0.39, 0.29) is 11.9 Å². The first kappa shape index (κ1) is 23.7. The van der Waals surface area contributed by atoms with Crippen molar-refractivity contribution in [1.29, 1.82) is 0 Å². The molecule has 0 aliphatic rings. The second-order valence-electron chi connectivity index (χ2n) is 8.01. The highest BCUT2D eigenvalue weighted by molar-refractivity contribution is 7.92. The fraction of sp³-hybridized carbons (Fsp3) is 0.435. The molecular formula is C23H32N2O4S. The van der Waals surface area contributed by atoms with Crippen LogP contribution in [0.15, 0.2) is 48.5 Å². The van der Waals surface area contributed by atoms with E-state index in [0.717, 1.165) is 28.1 Å². The zero-order valence-corrected chi connectivity index (χ0v) is 19.4. The van der Waals surface area contributed by atoms with Crippen LogP contribution in [-0.4, -0.2) is 33.7 Å². The van der Waals surface area contributed by atoms with Crippen LogP contribution < -0.4 is 14.4 Å². The van der Waals surface area contributed by atoms with Gasteiger partial charge in [0, 0.05) is 0 Å². The number of nitrogens with zero attached hydrogens (tertiary/aromatic N) is 1. The van der Waals surface area contributed by atoms with Crippen LogP contribution in [0, 0.1) is 12.8 Å². The van der Waals surface area contributed by atoms with Gasteiger partial charge in [0.1, 0.15) is 11.8 Å². The molecule has 0 fully saturated rings. The van der Waals surface area contributed by atoms with Crippen LogP contribution in [0.3, 0.4) is 0 Å². The summed E-state index contributed by atoms with van der Waals surface area (Å²) in [5.74, 6) is 0.389. The van der Waals surface area contributed by atoms with Gasteiger partial charge in [-0.3, -0.25) is 9.10 Å². The van der Waals surface area contributed by atoms with E-state index >= 15 is 0 Å². The molecule has 164 valence electrons. The Hall–Kier alpha value is -2.54. The number of rotatable bonds is 9. The summed E-state index contributed by atoms with van der Waals surface area (Å²) in [5, 5.41) is 3.05. The molecule has 0 aliphatic carbocycles. The standard InChI is InChI=1S/C23H32N2O4S/c1-16(2)14-20(19-10-8-7-9-11-19)24-23(26)18(4)25(30(6,27)28)21-15-17(3)12-13-22(21)29-5/h7-13,15-16,18,20H,14H2,1-6H3,(H,24,26)/t18-,20-/m1/s1. The number of nitrogens with one attached hydrogen (secondary N) is 1. The van der Waals surface area contributed by atoms with E-state index in [0.29, 0.717) is 17.4 Å². The number of carbonyl (C=O) groups excluding carboxylic acids is 1. The molecule has 1 N–H and O–H groups in total. The van der Waals surface area contributed by atoms with Crippen LogP contribution in [0.4, 0.5) is 5.69 Å². The van der Waals surface area contributed by atoms with Crippen LogP contribution in [-0.2, 0) is 14.8 Å². The first-order chi connectivity index (χ1) is 14.0. The summed E-state index contributed by atoms with van der Waals surface area (Å²) in [7, 11) is -2.26. The number of anilines is 1. The lowest BCUT2D eigenvalue weighted by Gasteiger charge is -2.31. The van der Waals surface area contributed by atoms with Crippen molar-refractivity contribution in [1.82, 2.24) is 5.32 Å². The summed E-state index contributed by atoms with van der Waals surface area (Å²) in [4.78, 5) is 13.2. The van der Waals surface area contributed by atoms with E-state index in [4.69, 9.17) is 4.74 Å². The molecule has 2 aromatic carbocycles.